The highest BCUT2D eigenvalue weighted by Crippen LogP contribution is 2.20. The van der Waals surface area contributed by atoms with E-state index >= 15 is 0 Å². The molecule has 0 bridgehead atoms. The summed E-state index contributed by atoms with van der Waals surface area (Å²) in [5.41, 5.74) is 1.26. The van der Waals surface area contributed by atoms with Crippen molar-refractivity contribution in [3.8, 4) is 5.75 Å². The molecular formula is C13H21NO. The van der Waals surface area contributed by atoms with Crippen molar-refractivity contribution in [1.29, 1.82) is 0 Å². The molecule has 0 aliphatic rings. The van der Waals surface area contributed by atoms with Crippen LogP contribution in [-0.4, -0.2) is 13.2 Å². The van der Waals surface area contributed by atoms with E-state index in [0.29, 0.717) is 6.04 Å². The van der Waals surface area contributed by atoms with Gasteiger partial charge in [0.15, 0.2) is 0 Å². The van der Waals surface area contributed by atoms with Gasteiger partial charge in [0.2, 0.25) is 0 Å². The Kier molecular flexibility index (Phi) is 4.63. The van der Waals surface area contributed by atoms with Gasteiger partial charge in [0.1, 0.15) is 5.75 Å². The summed E-state index contributed by atoms with van der Waals surface area (Å²) in [6.07, 6.45) is 1.32. The van der Waals surface area contributed by atoms with Crippen LogP contribution in [0.5, 0.6) is 5.75 Å². The molecule has 0 amide bonds. The zero-order valence-corrected chi connectivity index (χ0v) is 10.1. The molecule has 0 saturated heterocycles. The largest absolute Gasteiger partial charge is 0.491 e. The lowest BCUT2D eigenvalue weighted by Crippen LogP contribution is -2.13. The number of hydrogen-bond acceptors (Lipinski definition) is 2. The van der Waals surface area contributed by atoms with Crippen molar-refractivity contribution >= 4 is 0 Å². The maximum Gasteiger partial charge on any atom is 0.120 e. The van der Waals surface area contributed by atoms with Crippen LogP contribution in [0, 0.1) is 0 Å². The van der Waals surface area contributed by atoms with Gasteiger partial charge in [0, 0.05) is 6.04 Å². The molecule has 2 atom stereocenters. The first-order valence-electron chi connectivity index (χ1n) is 5.61. The van der Waals surface area contributed by atoms with Gasteiger partial charge in [0.25, 0.3) is 0 Å². The molecule has 15 heavy (non-hydrogen) atoms. The summed E-state index contributed by atoms with van der Waals surface area (Å²) < 4.78 is 5.77. The Bertz CT molecular complexity index is 298. The molecule has 0 fully saturated rings. The third-order valence-electron chi connectivity index (χ3n) is 2.70. The lowest BCUT2D eigenvalue weighted by atomic mass is 10.1. The van der Waals surface area contributed by atoms with E-state index in [1.807, 2.05) is 19.2 Å². The van der Waals surface area contributed by atoms with E-state index in [-0.39, 0.29) is 6.10 Å². The van der Waals surface area contributed by atoms with Gasteiger partial charge in [-0.3, -0.25) is 0 Å². The van der Waals surface area contributed by atoms with Crippen molar-refractivity contribution in [2.45, 2.75) is 39.3 Å². The molecule has 0 unspecified atom stereocenters. The van der Waals surface area contributed by atoms with Crippen molar-refractivity contribution < 1.29 is 4.74 Å². The summed E-state index contributed by atoms with van der Waals surface area (Å²) in [5, 5.41) is 3.22. The molecule has 1 rings (SSSR count). The minimum atomic E-state index is 0.283. The minimum Gasteiger partial charge on any atom is -0.491 e. The van der Waals surface area contributed by atoms with Crippen LogP contribution in [0.3, 0.4) is 0 Å². The van der Waals surface area contributed by atoms with E-state index in [0.717, 1.165) is 12.2 Å². The summed E-state index contributed by atoms with van der Waals surface area (Å²) in [6, 6.07) is 8.64. The van der Waals surface area contributed by atoms with Crippen LogP contribution in [-0.2, 0) is 0 Å². The Balaban J connectivity index is 2.74. The van der Waals surface area contributed by atoms with Crippen LogP contribution in [0.15, 0.2) is 24.3 Å². The molecule has 84 valence electrons. The van der Waals surface area contributed by atoms with Crippen LogP contribution < -0.4 is 10.1 Å². The first-order chi connectivity index (χ1) is 7.17. The van der Waals surface area contributed by atoms with Crippen LogP contribution >= 0.6 is 0 Å². The van der Waals surface area contributed by atoms with E-state index in [9.17, 15) is 0 Å². The van der Waals surface area contributed by atoms with Gasteiger partial charge >= 0.3 is 0 Å². The van der Waals surface area contributed by atoms with Crippen LogP contribution in [0.4, 0.5) is 0 Å². The van der Waals surface area contributed by atoms with Crippen molar-refractivity contribution in [2.24, 2.45) is 0 Å². The number of rotatable bonds is 5. The third-order valence-corrected chi connectivity index (χ3v) is 2.70. The summed E-state index contributed by atoms with van der Waals surface area (Å²) in [5.74, 6) is 0.962. The Morgan fingerprint density at radius 3 is 2.67 bits per heavy atom. The predicted octanol–water partition coefficient (Wildman–Crippen LogP) is 3.14. The van der Waals surface area contributed by atoms with E-state index < -0.39 is 0 Å². The van der Waals surface area contributed by atoms with Gasteiger partial charge in [-0.25, -0.2) is 0 Å². The molecule has 0 aromatic heterocycles. The average molecular weight is 207 g/mol. The highest BCUT2D eigenvalue weighted by molar-refractivity contribution is 5.30. The molecule has 2 nitrogen and oxygen atoms in total. The van der Waals surface area contributed by atoms with Gasteiger partial charge in [-0.2, -0.15) is 0 Å². The fourth-order valence-electron chi connectivity index (χ4n) is 1.34. The van der Waals surface area contributed by atoms with Gasteiger partial charge in [0.05, 0.1) is 6.10 Å². The van der Waals surface area contributed by atoms with Gasteiger partial charge in [-0.1, -0.05) is 19.1 Å². The summed E-state index contributed by atoms with van der Waals surface area (Å²) in [6.45, 7) is 6.36. The Morgan fingerprint density at radius 1 is 1.33 bits per heavy atom. The Hall–Kier alpha value is -1.02. The summed E-state index contributed by atoms with van der Waals surface area (Å²) in [4.78, 5) is 0. The highest BCUT2D eigenvalue weighted by Gasteiger charge is 2.05. The van der Waals surface area contributed by atoms with Crippen molar-refractivity contribution in [3.05, 3.63) is 29.8 Å². The topological polar surface area (TPSA) is 21.3 Å². The van der Waals surface area contributed by atoms with Gasteiger partial charge in [-0.15, -0.1) is 0 Å². The monoisotopic (exact) mass is 207 g/mol. The number of nitrogens with one attached hydrogen (secondary N) is 1. The first-order valence-corrected chi connectivity index (χ1v) is 5.61. The van der Waals surface area contributed by atoms with E-state index in [1.165, 1.54) is 5.56 Å². The number of ether oxygens (including phenoxy) is 1. The summed E-state index contributed by atoms with van der Waals surface area (Å²) in [7, 11) is 1.97. The molecule has 1 aromatic carbocycles. The second kappa shape index (κ2) is 5.76. The molecule has 0 heterocycles. The maximum absolute atomic E-state index is 5.77. The second-order valence-corrected chi connectivity index (χ2v) is 3.92. The van der Waals surface area contributed by atoms with Gasteiger partial charge in [-0.05, 0) is 45.0 Å². The minimum absolute atomic E-state index is 0.283. The molecule has 0 aliphatic carbocycles. The fourth-order valence-corrected chi connectivity index (χ4v) is 1.34. The standard InChI is InChI=1S/C13H21NO/c1-5-10(2)15-13-8-6-7-12(9-13)11(3)14-4/h6-11,14H,5H2,1-4H3/t10-,11-/m0/s1. The van der Waals surface area contributed by atoms with E-state index in [1.54, 1.807) is 0 Å². The fraction of sp³-hybridized carbons (Fsp3) is 0.538. The molecule has 2 heteroatoms. The quantitative estimate of drug-likeness (QED) is 0.801. The highest BCUT2D eigenvalue weighted by atomic mass is 16.5. The van der Waals surface area contributed by atoms with Crippen LogP contribution in [0.25, 0.3) is 0 Å². The van der Waals surface area contributed by atoms with Gasteiger partial charge < -0.3 is 10.1 Å². The average Bonchev–Trinajstić information content (AvgIpc) is 2.28. The van der Waals surface area contributed by atoms with E-state index in [4.69, 9.17) is 4.74 Å². The smallest absolute Gasteiger partial charge is 0.120 e. The lowest BCUT2D eigenvalue weighted by molar-refractivity contribution is 0.217. The molecule has 1 aromatic rings. The number of hydrogen-bond donors (Lipinski definition) is 1. The van der Waals surface area contributed by atoms with Crippen molar-refractivity contribution in [3.63, 3.8) is 0 Å². The lowest BCUT2D eigenvalue weighted by Gasteiger charge is -2.15. The zero-order chi connectivity index (χ0) is 11.3. The molecule has 0 saturated carbocycles. The molecule has 0 spiro atoms. The van der Waals surface area contributed by atoms with Crippen LogP contribution in [0.1, 0.15) is 38.8 Å². The third kappa shape index (κ3) is 3.56. The van der Waals surface area contributed by atoms with Crippen molar-refractivity contribution in [1.82, 2.24) is 5.32 Å². The zero-order valence-electron chi connectivity index (χ0n) is 10.1. The first kappa shape index (κ1) is 12.1. The van der Waals surface area contributed by atoms with Crippen molar-refractivity contribution in [2.75, 3.05) is 7.05 Å². The molecule has 0 aliphatic heterocycles. The maximum atomic E-state index is 5.77. The Morgan fingerprint density at radius 2 is 2.07 bits per heavy atom. The molecule has 0 radical (unpaired) electrons. The van der Waals surface area contributed by atoms with E-state index in [2.05, 4.69) is 38.2 Å². The Labute approximate surface area is 92.6 Å². The number of benzene rings is 1. The second-order valence-electron chi connectivity index (χ2n) is 3.92. The normalized spacial score (nSPS) is 14.7. The molecular weight excluding hydrogens is 186 g/mol. The predicted molar refractivity (Wildman–Crippen MR) is 64.3 cm³/mol. The summed E-state index contributed by atoms with van der Waals surface area (Å²) >= 11 is 0. The molecule has 1 N–H and O–H groups in total. The SMILES string of the molecule is CC[C@H](C)Oc1cccc([C@H](C)NC)c1. The van der Waals surface area contributed by atoms with Crippen LogP contribution in [0.2, 0.25) is 0 Å².